The first-order chi connectivity index (χ1) is 10.2. The molecule has 0 fully saturated rings. The van der Waals surface area contributed by atoms with Crippen LogP contribution in [-0.2, 0) is 9.53 Å². The molecule has 1 aromatic carbocycles. The Morgan fingerprint density at radius 3 is 2.45 bits per heavy atom. The van der Waals surface area contributed by atoms with Crippen molar-refractivity contribution in [3.63, 3.8) is 0 Å². The highest BCUT2D eigenvalue weighted by molar-refractivity contribution is 6.00. The molecule has 0 aliphatic rings. The van der Waals surface area contributed by atoms with Crippen LogP contribution in [0.2, 0.25) is 0 Å². The average molecular weight is 308 g/mol. The predicted molar refractivity (Wildman–Crippen MR) is 84.3 cm³/mol. The lowest BCUT2D eigenvalue weighted by Crippen LogP contribution is -2.27. The van der Waals surface area contributed by atoms with E-state index in [1.54, 1.807) is 33.8 Å². The third kappa shape index (κ3) is 5.24. The molecule has 0 radical (unpaired) electrons. The molecular weight excluding hydrogens is 283 g/mol. The van der Waals surface area contributed by atoms with Crippen LogP contribution in [0.25, 0.3) is 0 Å². The van der Waals surface area contributed by atoms with Crippen molar-refractivity contribution in [1.29, 1.82) is 0 Å². The smallest absolute Gasteiger partial charge is 0.307 e. The lowest BCUT2D eigenvalue weighted by atomic mass is 9.88. The number of benzene rings is 1. The van der Waals surface area contributed by atoms with Gasteiger partial charge in [0.05, 0.1) is 6.42 Å². The highest BCUT2D eigenvalue weighted by atomic mass is 19.1. The second kappa shape index (κ2) is 7.52. The Labute approximate surface area is 131 Å². The van der Waals surface area contributed by atoms with E-state index in [0.717, 1.165) is 6.42 Å². The Balaban J connectivity index is 2.93. The van der Waals surface area contributed by atoms with Gasteiger partial charge in [-0.3, -0.25) is 9.59 Å². The molecule has 0 spiro atoms. The molecule has 1 aromatic rings. The highest BCUT2D eigenvalue weighted by Crippen LogP contribution is 2.23. The van der Waals surface area contributed by atoms with E-state index < -0.39 is 23.3 Å². The van der Waals surface area contributed by atoms with Crippen molar-refractivity contribution in [3.05, 3.63) is 35.1 Å². The molecule has 0 aromatic heterocycles. The summed E-state index contributed by atoms with van der Waals surface area (Å²) in [6.07, 6.45) is 1.38. The number of carbonyl (C=O) groups excluding carboxylic acids is 2. The Morgan fingerprint density at radius 1 is 1.27 bits per heavy atom. The van der Waals surface area contributed by atoms with Gasteiger partial charge >= 0.3 is 5.97 Å². The Kier molecular flexibility index (Phi) is 6.27. The largest absolute Gasteiger partial charge is 0.460 e. The van der Waals surface area contributed by atoms with Gasteiger partial charge in [-0.2, -0.15) is 0 Å². The molecule has 0 unspecified atom stereocenters. The molecule has 4 heteroatoms. The highest BCUT2D eigenvalue weighted by Gasteiger charge is 2.27. The van der Waals surface area contributed by atoms with E-state index in [-0.39, 0.29) is 12.2 Å². The number of Topliss-reactive ketones (excluding diaryl/α,β-unsaturated/α-hetero) is 1. The number of ketones is 1. The van der Waals surface area contributed by atoms with Gasteiger partial charge in [-0.25, -0.2) is 4.39 Å². The minimum absolute atomic E-state index is 0.0277. The standard InChI is InChI=1S/C18H25FO3/c1-6-8-13(11-16(20)22-18(3,4)5)17(21)14-9-7-10-15(19)12(14)2/h7,9-10,13H,6,8,11H2,1-5H3/t13-/m0/s1. The molecule has 0 N–H and O–H groups in total. The van der Waals surface area contributed by atoms with E-state index in [2.05, 4.69) is 0 Å². The molecule has 122 valence electrons. The van der Waals surface area contributed by atoms with Crippen molar-refractivity contribution >= 4 is 11.8 Å². The van der Waals surface area contributed by atoms with Crippen LogP contribution < -0.4 is 0 Å². The zero-order valence-electron chi connectivity index (χ0n) is 14.0. The van der Waals surface area contributed by atoms with Gasteiger partial charge in [0.2, 0.25) is 0 Å². The third-order valence-electron chi connectivity index (χ3n) is 3.37. The number of carbonyl (C=O) groups is 2. The molecule has 1 atom stereocenters. The summed E-state index contributed by atoms with van der Waals surface area (Å²) >= 11 is 0. The maximum atomic E-state index is 13.6. The Bertz CT molecular complexity index is 544. The quantitative estimate of drug-likeness (QED) is 0.575. The maximum absolute atomic E-state index is 13.6. The fourth-order valence-corrected chi connectivity index (χ4v) is 2.35. The summed E-state index contributed by atoms with van der Waals surface area (Å²) in [7, 11) is 0. The minimum atomic E-state index is -0.578. The van der Waals surface area contributed by atoms with E-state index >= 15 is 0 Å². The first-order valence-electron chi connectivity index (χ1n) is 7.67. The second-order valence-corrected chi connectivity index (χ2v) is 6.55. The number of ether oxygens (including phenoxy) is 1. The average Bonchev–Trinajstić information content (AvgIpc) is 2.38. The SMILES string of the molecule is CCC[C@@H](CC(=O)OC(C)(C)C)C(=O)c1cccc(F)c1C. The van der Waals surface area contributed by atoms with E-state index in [1.165, 1.54) is 12.1 Å². The molecule has 0 aliphatic carbocycles. The van der Waals surface area contributed by atoms with Crippen LogP contribution in [0.5, 0.6) is 0 Å². The van der Waals surface area contributed by atoms with Gasteiger partial charge in [0, 0.05) is 11.5 Å². The van der Waals surface area contributed by atoms with Gasteiger partial charge in [0.1, 0.15) is 11.4 Å². The number of rotatable bonds is 6. The molecule has 0 aliphatic heterocycles. The fourth-order valence-electron chi connectivity index (χ4n) is 2.35. The normalized spacial score (nSPS) is 12.8. The number of hydrogen-bond donors (Lipinski definition) is 0. The first-order valence-corrected chi connectivity index (χ1v) is 7.67. The Morgan fingerprint density at radius 2 is 1.91 bits per heavy atom. The van der Waals surface area contributed by atoms with Gasteiger partial charge in [0.15, 0.2) is 5.78 Å². The minimum Gasteiger partial charge on any atom is -0.460 e. The van der Waals surface area contributed by atoms with Gasteiger partial charge < -0.3 is 4.74 Å². The van der Waals surface area contributed by atoms with Crippen molar-refractivity contribution in [3.8, 4) is 0 Å². The van der Waals surface area contributed by atoms with Crippen molar-refractivity contribution in [2.75, 3.05) is 0 Å². The van der Waals surface area contributed by atoms with Crippen LogP contribution in [0.4, 0.5) is 4.39 Å². The van der Waals surface area contributed by atoms with E-state index in [1.807, 2.05) is 6.92 Å². The number of esters is 1. The molecule has 22 heavy (non-hydrogen) atoms. The number of halogens is 1. The number of hydrogen-bond acceptors (Lipinski definition) is 3. The maximum Gasteiger partial charge on any atom is 0.307 e. The van der Waals surface area contributed by atoms with Gasteiger partial charge in [0.25, 0.3) is 0 Å². The first kappa shape index (κ1) is 18.3. The summed E-state index contributed by atoms with van der Waals surface area (Å²) in [5, 5.41) is 0. The van der Waals surface area contributed by atoms with Crippen molar-refractivity contribution in [2.24, 2.45) is 5.92 Å². The summed E-state index contributed by atoms with van der Waals surface area (Å²) in [5.74, 6) is -1.46. The molecular formula is C18H25FO3. The topological polar surface area (TPSA) is 43.4 Å². The zero-order chi connectivity index (χ0) is 16.9. The lowest BCUT2D eigenvalue weighted by Gasteiger charge is -2.22. The summed E-state index contributed by atoms with van der Waals surface area (Å²) < 4.78 is 18.9. The monoisotopic (exact) mass is 308 g/mol. The van der Waals surface area contributed by atoms with E-state index in [4.69, 9.17) is 4.74 Å². The molecule has 1 rings (SSSR count). The summed E-state index contributed by atoms with van der Waals surface area (Å²) in [5.41, 5.74) is 0.103. The molecule has 0 saturated heterocycles. The van der Waals surface area contributed by atoms with Crippen molar-refractivity contribution in [2.45, 2.75) is 59.5 Å². The summed E-state index contributed by atoms with van der Waals surface area (Å²) in [6.45, 7) is 8.90. The lowest BCUT2D eigenvalue weighted by molar-refractivity contribution is -0.155. The van der Waals surface area contributed by atoms with Crippen LogP contribution in [0.3, 0.4) is 0 Å². The Hall–Kier alpha value is -1.71. The molecule has 0 heterocycles. The molecule has 0 amide bonds. The fraction of sp³-hybridized carbons (Fsp3) is 0.556. The van der Waals surface area contributed by atoms with Crippen molar-refractivity contribution in [1.82, 2.24) is 0 Å². The van der Waals surface area contributed by atoms with E-state index in [9.17, 15) is 14.0 Å². The van der Waals surface area contributed by atoms with Crippen LogP contribution in [0.1, 0.15) is 62.9 Å². The van der Waals surface area contributed by atoms with Crippen LogP contribution in [0.15, 0.2) is 18.2 Å². The van der Waals surface area contributed by atoms with Gasteiger partial charge in [-0.15, -0.1) is 0 Å². The van der Waals surface area contributed by atoms with E-state index in [0.29, 0.717) is 17.5 Å². The zero-order valence-corrected chi connectivity index (χ0v) is 14.0. The molecule has 0 saturated carbocycles. The predicted octanol–water partition coefficient (Wildman–Crippen LogP) is 4.46. The molecule has 3 nitrogen and oxygen atoms in total. The van der Waals surface area contributed by atoms with Crippen LogP contribution in [0, 0.1) is 18.7 Å². The summed E-state index contributed by atoms with van der Waals surface area (Å²) in [4.78, 5) is 24.6. The van der Waals surface area contributed by atoms with Crippen molar-refractivity contribution < 1.29 is 18.7 Å². The van der Waals surface area contributed by atoms with Gasteiger partial charge in [-0.1, -0.05) is 25.5 Å². The second-order valence-electron chi connectivity index (χ2n) is 6.55. The molecule has 0 bridgehead atoms. The van der Waals surface area contributed by atoms with Gasteiger partial charge in [-0.05, 0) is 45.7 Å². The summed E-state index contributed by atoms with van der Waals surface area (Å²) in [6, 6.07) is 4.46. The van der Waals surface area contributed by atoms with Crippen LogP contribution in [-0.4, -0.2) is 17.4 Å². The third-order valence-corrected chi connectivity index (χ3v) is 3.37. The van der Waals surface area contributed by atoms with Crippen LogP contribution >= 0.6 is 0 Å².